The summed E-state index contributed by atoms with van der Waals surface area (Å²) in [7, 11) is 1.70. The van der Waals surface area contributed by atoms with Crippen LogP contribution in [-0.2, 0) is 6.42 Å². The lowest BCUT2D eigenvalue weighted by molar-refractivity contribution is 0.0698. The number of anilines is 1. The van der Waals surface area contributed by atoms with Gasteiger partial charge < -0.3 is 15.2 Å². The average molecular weight is 326 g/mol. The van der Waals surface area contributed by atoms with Crippen LogP contribution >= 0.6 is 0 Å². The maximum Gasteiger partial charge on any atom is 0.337 e. The summed E-state index contributed by atoms with van der Waals surface area (Å²) in [5.41, 5.74) is 4.76. The van der Waals surface area contributed by atoms with Crippen molar-refractivity contribution >= 4 is 11.7 Å². The normalized spacial score (nSPS) is 16.3. The zero-order chi connectivity index (χ0) is 17.1. The Labute approximate surface area is 141 Å². The molecule has 0 aliphatic heterocycles. The van der Waals surface area contributed by atoms with Gasteiger partial charge in [-0.05, 0) is 55.0 Å². The molecule has 1 heterocycles. The largest absolute Gasteiger partial charge is 0.496 e. The molecule has 1 aliphatic carbocycles. The number of methoxy groups -OCH3 is 1. The molecule has 5 nitrogen and oxygen atoms in total. The van der Waals surface area contributed by atoms with Crippen LogP contribution in [-0.4, -0.2) is 29.7 Å². The quantitative estimate of drug-likeness (QED) is 0.878. The van der Waals surface area contributed by atoms with E-state index in [0.29, 0.717) is 18.2 Å². The number of carboxylic acid groups (broad SMARTS) is 1. The van der Waals surface area contributed by atoms with Crippen molar-refractivity contribution in [3.05, 3.63) is 52.8 Å². The van der Waals surface area contributed by atoms with Crippen LogP contribution in [0.4, 0.5) is 5.69 Å². The van der Waals surface area contributed by atoms with Crippen molar-refractivity contribution in [1.82, 2.24) is 4.98 Å². The Bertz CT molecular complexity index is 758. The van der Waals surface area contributed by atoms with Crippen molar-refractivity contribution in [2.45, 2.75) is 32.1 Å². The van der Waals surface area contributed by atoms with Gasteiger partial charge in [0.25, 0.3) is 0 Å². The number of hydrogen-bond donors (Lipinski definition) is 2. The van der Waals surface area contributed by atoms with Crippen LogP contribution in [0.2, 0.25) is 0 Å². The molecule has 1 aliphatic rings. The molecule has 1 aromatic carbocycles. The van der Waals surface area contributed by atoms with Crippen molar-refractivity contribution in [2.24, 2.45) is 0 Å². The minimum absolute atomic E-state index is 0.256. The van der Waals surface area contributed by atoms with E-state index in [1.165, 1.54) is 29.0 Å². The number of rotatable bonds is 5. The number of nitrogens with zero attached hydrogens (tertiary/aromatic N) is 1. The van der Waals surface area contributed by atoms with Crippen LogP contribution in [0.5, 0.6) is 5.75 Å². The third kappa shape index (κ3) is 3.07. The Morgan fingerprint density at radius 2 is 2.25 bits per heavy atom. The molecule has 0 saturated heterocycles. The van der Waals surface area contributed by atoms with Crippen molar-refractivity contribution in [2.75, 3.05) is 19.0 Å². The third-order valence-corrected chi connectivity index (χ3v) is 4.81. The SMILES string of the molecule is COc1ccc2c(c1C)CCCC2CNc1cnccc1C(=O)O. The van der Waals surface area contributed by atoms with Crippen molar-refractivity contribution in [3.8, 4) is 5.75 Å². The molecule has 2 aromatic rings. The van der Waals surface area contributed by atoms with E-state index >= 15 is 0 Å². The molecule has 0 fully saturated rings. The number of ether oxygens (including phenoxy) is 1. The number of fused-ring (bicyclic) bond motifs is 1. The number of aromatic carboxylic acids is 1. The summed E-state index contributed by atoms with van der Waals surface area (Å²) in [4.78, 5) is 15.3. The maximum absolute atomic E-state index is 11.3. The van der Waals surface area contributed by atoms with Gasteiger partial charge in [-0.3, -0.25) is 4.98 Å². The fraction of sp³-hybridized carbons (Fsp3) is 0.368. The number of hydrogen-bond acceptors (Lipinski definition) is 4. The van der Waals surface area contributed by atoms with Crippen LogP contribution in [0.1, 0.15) is 45.8 Å². The molecule has 1 unspecified atom stereocenters. The number of carbonyl (C=O) groups is 1. The molecular weight excluding hydrogens is 304 g/mol. The topological polar surface area (TPSA) is 71.5 Å². The number of carboxylic acids is 1. The molecule has 1 aromatic heterocycles. The molecular formula is C19H22N2O3. The van der Waals surface area contributed by atoms with Crippen molar-refractivity contribution in [1.29, 1.82) is 0 Å². The Morgan fingerprint density at radius 1 is 1.42 bits per heavy atom. The van der Waals surface area contributed by atoms with Crippen LogP contribution < -0.4 is 10.1 Å². The first-order chi connectivity index (χ1) is 11.6. The minimum Gasteiger partial charge on any atom is -0.496 e. The monoisotopic (exact) mass is 326 g/mol. The number of benzene rings is 1. The van der Waals surface area contributed by atoms with E-state index in [-0.39, 0.29) is 5.56 Å². The van der Waals surface area contributed by atoms with Gasteiger partial charge in [0.2, 0.25) is 0 Å². The van der Waals surface area contributed by atoms with E-state index < -0.39 is 5.97 Å². The summed E-state index contributed by atoms with van der Waals surface area (Å²) in [6, 6.07) is 5.70. The number of aromatic nitrogens is 1. The van der Waals surface area contributed by atoms with Gasteiger partial charge >= 0.3 is 5.97 Å². The highest BCUT2D eigenvalue weighted by atomic mass is 16.5. The van der Waals surface area contributed by atoms with Crippen LogP contribution in [0, 0.1) is 6.92 Å². The van der Waals surface area contributed by atoms with Gasteiger partial charge in [0.1, 0.15) is 5.75 Å². The summed E-state index contributed by atoms with van der Waals surface area (Å²) in [6.07, 6.45) is 6.37. The Balaban J connectivity index is 1.82. The van der Waals surface area contributed by atoms with E-state index in [9.17, 15) is 9.90 Å². The lowest BCUT2D eigenvalue weighted by Gasteiger charge is -2.28. The zero-order valence-electron chi connectivity index (χ0n) is 14.0. The number of nitrogens with one attached hydrogen (secondary N) is 1. The fourth-order valence-corrected chi connectivity index (χ4v) is 3.54. The fourth-order valence-electron chi connectivity index (χ4n) is 3.54. The second-order valence-corrected chi connectivity index (χ2v) is 6.16. The Hall–Kier alpha value is -2.56. The molecule has 1 atom stereocenters. The van der Waals surface area contributed by atoms with Crippen LogP contribution in [0.25, 0.3) is 0 Å². The molecule has 0 radical (unpaired) electrons. The molecule has 0 saturated carbocycles. The molecule has 126 valence electrons. The zero-order valence-corrected chi connectivity index (χ0v) is 14.0. The predicted octanol–water partition coefficient (Wildman–Crippen LogP) is 3.63. The highest BCUT2D eigenvalue weighted by Gasteiger charge is 2.23. The van der Waals surface area contributed by atoms with E-state index in [2.05, 4.69) is 23.3 Å². The van der Waals surface area contributed by atoms with Gasteiger partial charge in [-0.1, -0.05) is 6.07 Å². The highest BCUT2D eigenvalue weighted by molar-refractivity contribution is 5.93. The van der Waals surface area contributed by atoms with Gasteiger partial charge in [0.15, 0.2) is 0 Å². The van der Waals surface area contributed by atoms with Crippen molar-refractivity contribution in [3.63, 3.8) is 0 Å². The van der Waals surface area contributed by atoms with E-state index in [1.807, 2.05) is 6.07 Å². The summed E-state index contributed by atoms with van der Waals surface area (Å²) in [6.45, 7) is 2.81. The average Bonchev–Trinajstić information content (AvgIpc) is 2.60. The first-order valence-electron chi connectivity index (χ1n) is 8.19. The van der Waals surface area contributed by atoms with Crippen LogP contribution in [0.15, 0.2) is 30.6 Å². The lowest BCUT2D eigenvalue weighted by Crippen LogP contribution is -2.20. The van der Waals surface area contributed by atoms with E-state index in [4.69, 9.17) is 4.74 Å². The first kappa shape index (κ1) is 16.3. The molecule has 24 heavy (non-hydrogen) atoms. The molecule has 0 amide bonds. The minimum atomic E-state index is -0.940. The van der Waals surface area contributed by atoms with Gasteiger partial charge in [-0.2, -0.15) is 0 Å². The van der Waals surface area contributed by atoms with E-state index in [0.717, 1.165) is 25.0 Å². The second-order valence-electron chi connectivity index (χ2n) is 6.16. The summed E-state index contributed by atoms with van der Waals surface area (Å²) in [5, 5.41) is 12.6. The molecule has 0 spiro atoms. The lowest BCUT2D eigenvalue weighted by atomic mass is 9.80. The second kappa shape index (κ2) is 6.91. The molecule has 0 bridgehead atoms. The molecule has 3 rings (SSSR count). The summed E-state index contributed by atoms with van der Waals surface area (Å²) in [5.74, 6) is 0.354. The Morgan fingerprint density at radius 3 is 3.00 bits per heavy atom. The standard InChI is InChI=1S/C19H22N2O3/c1-12-14-5-3-4-13(15(14)6-7-18(12)24-2)10-21-17-11-20-9-8-16(17)19(22)23/h6-9,11,13,21H,3-5,10H2,1-2H3,(H,22,23). The van der Waals surface area contributed by atoms with Crippen LogP contribution in [0.3, 0.4) is 0 Å². The summed E-state index contributed by atoms with van der Waals surface area (Å²) >= 11 is 0. The van der Waals surface area contributed by atoms with Gasteiger partial charge in [0, 0.05) is 18.7 Å². The van der Waals surface area contributed by atoms with Gasteiger partial charge in [-0.25, -0.2) is 4.79 Å². The predicted molar refractivity (Wildman–Crippen MR) is 93.1 cm³/mol. The smallest absolute Gasteiger partial charge is 0.337 e. The Kier molecular flexibility index (Phi) is 4.69. The van der Waals surface area contributed by atoms with Gasteiger partial charge in [-0.15, -0.1) is 0 Å². The third-order valence-electron chi connectivity index (χ3n) is 4.81. The maximum atomic E-state index is 11.3. The first-order valence-corrected chi connectivity index (χ1v) is 8.19. The van der Waals surface area contributed by atoms with Crippen molar-refractivity contribution < 1.29 is 14.6 Å². The highest BCUT2D eigenvalue weighted by Crippen LogP contribution is 2.37. The van der Waals surface area contributed by atoms with E-state index in [1.54, 1.807) is 13.3 Å². The number of pyridine rings is 1. The van der Waals surface area contributed by atoms with Gasteiger partial charge in [0.05, 0.1) is 24.6 Å². The summed E-state index contributed by atoms with van der Waals surface area (Å²) < 4.78 is 5.43. The molecule has 5 heteroatoms. The molecule has 2 N–H and O–H groups in total.